The van der Waals surface area contributed by atoms with E-state index in [2.05, 4.69) is 4.98 Å². The van der Waals surface area contributed by atoms with Crippen LogP contribution in [0.25, 0.3) is 10.6 Å². The van der Waals surface area contributed by atoms with E-state index in [4.69, 9.17) is 16.7 Å². The van der Waals surface area contributed by atoms with Crippen LogP contribution in [0, 0.1) is 5.92 Å². The highest BCUT2D eigenvalue weighted by molar-refractivity contribution is 7.13. The van der Waals surface area contributed by atoms with Crippen LogP contribution in [-0.4, -0.2) is 40.0 Å². The molecule has 2 aromatic rings. The first-order valence-electron chi connectivity index (χ1n) is 6.79. The highest BCUT2D eigenvalue weighted by atomic mass is 35.5. The molecule has 0 aliphatic carbocycles. The van der Waals surface area contributed by atoms with Crippen LogP contribution in [0.5, 0.6) is 0 Å². The fraction of sp³-hybridized carbons (Fsp3) is 0.267. The van der Waals surface area contributed by atoms with Crippen LogP contribution < -0.4 is 0 Å². The fourth-order valence-corrected chi connectivity index (χ4v) is 3.55. The summed E-state index contributed by atoms with van der Waals surface area (Å²) in [6, 6.07) is 7.33. The molecule has 1 saturated heterocycles. The quantitative estimate of drug-likeness (QED) is 0.935. The number of amides is 1. The number of carbonyl (C=O) groups excluding carboxylic acids is 1. The number of rotatable bonds is 3. The number of aromatic nitrogens is 1. The summed E-state index contributed by atoms with van der Waals surface area (Å²) in [6.45, 7) is 0.696. The van der Waals surface area contributed by atoms with E-state index in [1.807, 2.05) is 18.2 Å². The second-order valence-electron chi connectivity index (χ2n) is 5.09. The van der Waals surface area contributed by atoms with Crippen molar-refractivity contribution in [3.63, 3.8) is 0 Å². The normalized spacial score (nSPS) is 17.7. The molecular weight excluding hydrogens is 324 g/mol. The molecule has 3 rings (SSSR count). The fourth-order valence-electron chi connectivity index (χ4n) is 2.44. The van der Waals surface area contributed by atoms with Crippen molar-refractivity contribution in [2.45, 2.75) is 6.42 Å². The predicted octanol–water partition coefficient (Wildman–Crippen LogP) is 3.01. The average Bonchev–Trinajstić information content (AvgIpc) is 3.17. The topological polar surface area (TPSA) is 70.5 Å². The van der Waals surface area contributed by atoms with Crippen LogP contribution in [0.1, 0.15) is 16.9 Å². The van der Waals surface area contributed by atoms with Crippen molar-refractivity contribution in [1.29, 1.82) is 0 Å². The maximum Gasteiger partial charge on any atom is 0.308 e. The smallest absolute Gasteiger partial charge is 0.308 e. The van der Waals surface area contributed by atoms with Gasteiger partial charge in [0.2, 0.25) is 0 Å². The van der Waals surface area contributed by atoms with Gasteiger partial charge in [0.1, 0.15) is 10.7 Å². The predicted molar refractivity (Wildman–Crippen MR) is 84.2 cm³/mol. The van der Waals surface area contributed by atoms with Crippen LogP contribution >= 0.6 is 22.9 Å². The summed E-state index contributed by atoms with van der Waals surface area (Å²) in [6.07, 6.45) is 0.489. The molecule has 0 spiro atoms. The van der Waals surface area contributed by atoms with E-state index in [1.165, 1.54) is 11.3 Å². The summed E-state index contributed by atoms with van der Waals surface area (Å²) in [4.78, 5) is 29.3. The Morgan fingerprint density at radius 2 is 2.14 bits per heavy atom. The van der Waals surface area contributed by atoms with Gasteiger partial charge in [-0.1, -0.05) is 29.8 Å². The van der Waals surface area contributed by atoms with Crippen molar-refractivity contribution in [3.8, 4) is 10.6 Å². The number of benzene rings is 1. The van der Waals surface area contributed by atoms with Gasteiger partial charge in [0.15, 0.2) is 0 Å². The Hall–Kier alpha value is -1.92. The second-order valence-corrected chi connectivity index (χ2v) is 6.36. The number of hydrogen-bond acceptors (Lipinski definition) is 4. The van der Waals surface area contributed by atoms with Gasteiger partial charge in [0, 0.05) is 24.0 Å². The second kappa shape index (κ2) is 6.06. The molecule has 2 heterocycles. The first-order chi connectivity index (χ1) is 10.6. The van der Waals surface area contributed by atoms with Crippen molar-refractivity contribution >= 4 is 34.8 Å². The summed E-state index contributed by atoms with van der Waals surface area (Å²) in [5.41, 5.74) is 1.13. The molecule has 0 saturated carbocycles. The number of halogens is 1. The summed E-state index contributed by atoms with van der Waals surface area (Å²) in [5, 5.41) is 12.0. The van der Waals surface area contributed by atoms with Gasteiger partial charge in [-0.2, -0.15) is 0 Å². The van der Waals surface area contributed by atoms with Crippen molar-refractivity contribution in [2.24, 2.45) is 5.92 Å². The van der Waals surface area contributed by atoms with Crippen molar-refractivity contribution < 1.29 is 14.7 Å². The maximum absolute atomic E-state index is 12.4. The highest BCUT2D eigenvalue weighted by Crippen LogP contribution is 2.30. The number of likely N-dealkylation sites (tertiary alicyclic amines) is 1. The Morgan fingerprint density at radius 1 is 1.36 bits per heavy atom. The third-order valence-corrected chi connectivity index (χ3v) is 4.86. The molecule has 1 N–H and O–H groups in total. The molecule has 1 amide bonds. The standard InChI is InChI=1S/C15H13ClN2O3S/c16-11-4-2-1-3-10(11)13-17-12(8-22-13)14(19)18-6-5-9(7-18)15(20)21/h1-4,8-9H,5-7H2,(H,20,21)/t9-/m1/s1. The lowest BCUT2D eigenvalue weighted by Crippen LogP contribution is -2.30. The number of carbonyl (C=O) groups is 2. The van der Waals surface area contributed by atoms with Crippen LogP contribution in [0.15, 0.2) is 29.6 Å². The van der Waals surface area contributed by atoms with Gasteiger partial charge in [-0.3, -0.25) is 9.59 Å². The largest absolute Gasteiger partial charge is 0.481 e. The molecule has 0 unspecified atom stereocenters. The molecule has 7 heteroatoms. The van der Waals surface area contributed by atoms with Crippen LogP contribution in [0.2, 0.25) is 5.02 Å². The molecule has 1 atom stereocenters. The summed E-state index contributed by atoms with van der Waals surface area (Å²) in [5.74, 6) is -1.56. The van der Waals surface area contributed by atoms with Gasteiger partial charge >= 0.3 is 5.97 Å². The number of carboxylic acids is 1. The van der Waals surface area contributed by atoms with E-state index in [1.54, 1.807) is 16.3 Å². The van der Waals surface area contributed by atoms with E-state index in [0.717, 1.165) is 5.56 Å². The van der Waals surface area contributed by atoms with Gasteiger partial charge in [0.25, 0.3) is 5.91 Å². The summed E-state index contributed by atoms with van der Waals surface area (Å²) < 4.78 is 0. The van der Waals surface area contributed by atoms with Crippen molar-refractivity contribution in [3.05, 3.63) is 40.4 Å². The van der Waals surface area contributed by atoms with E-state index in [0.29, 0.717) is 28.7 Å². The zero-order chi connectivity index (χ0) is 15.7. The SMILES string of the molecule is O=C(O)[C@@H]1CCN(C(=O)c2csc(-c3ccccc3Cl)n2)C1. The minimum absolute atomic E-state index is 0.224. The van der Waals surface area contributed by atoms with Crippen molar-refractivity contribution in [2.75, 3.05) is 13.1 Å². The molecule has 0 bridgehead atoms. The lowest BCUT2D eigenvalue weighted by atomic mass is 10.1. The van der Waals surface area contributed by atoms with Crippen LogP contribution in [-0.2, 0) is 4.79 Å². The zero-order valence-corrected chi connectivity index (χ0v) is 13.1. The van der Waals surface area contributed by atoms with Gasteiger partial charge in [0.05, 0.1) is 10.9 Å². The van der Waals surface area contributed by atoms with Gasteiger partial charge in [-0.25, -0.2) is 4.98 Å². The molecule has 1 aromatic carbocycles. The van der Waals surface area contributed by atoms with Crippen LogP contribution in [0.3, 0.4) is 0 Å². The maximum atomic E-state index is 12.4. The molecule has 114 valence electrons. The Balaban J connectivity index is 1.78. The summed E-state index contributed by atoms with van der Waals surface area (Å²) in [7, 11) is 0. The Morgan fingerprint density at radius 3 is 2.82 bits per heavy atom. The van der Waals surface area contributed by atoms with Gasteiger partial charge in [-0.05, 0) is 12.5 Å². The third-order valence-electron chi connectivity index (χ3n) is 3.65. The lowest BCUT2D eigenvalue weighted by molar-refractivity contribution is -0.141. The number of carboxylic acid groups (broad SMARTS) is 1. The molecule has 22 heavy (non-hydrogen) atoms. The number of nitrogens with zero attached hydrogens (tertiary/aromatic N) is 2. The molecule has 0 radical (unpaired) electrons. The van der Waals surface area contributed by atoms with Gasteiger partial charge < -0.3 is 10.0 Å². The zero-order valence-electron chi connectivity index (χ0n) is 11.5. The molecule has 1 aliphatic rings. The minimum Gasteiger partial charge on any atom is -0.481 e. The van der Waals surface area contributed by atoms with Crippen molar-refractivity contribution in [1.82, 2.24) is 9.88 Å². The Bertz CT molecular complexity index is 731. The van der Waals surface area contributed by atoms with Crippen LogP contribution in [0.4, 0.5) is 0 Å². The van der Waals surface area contributed by atoms with E-state index in [9.17, 15) is 9.59 Å². The summed E-state index contributed by atoms with van der Waals surface area (Å²) >= 11 is 7.49. The molecule has 1 aliphatic heterocycles. The lowest BCUT2D eigenvalue weighted by Gasteiger charge is -2.13. The first-order valence-corrected chi connectivity index (χ1v) is 8.04. The van der Waals surface area contributed by atoms with E-state index < -0.39 is 11.9 Å². The molecule has 1 aromatic heterocycles. The van der Waals surface area contributed by atoms with E-state index in [-0.39, 0.29) is 12.5 Å². The molecule has 5 nitrogen and oxygen atoms in total. The number of aliphatic carboxylic acids is 1. The number of thiazole rings is 1. The van der Waals surface area contributed by atoms with E-state index >= 15 is 0 Å². The number of hydrogen-bond donors (Lipinski definition) is 1. The highest BCUT2D eigenvalue weighted by Gasteiger charge is 2.32. The Kier molecular flexibility index (Phi) is 4.13. The Labute approximate surface area is 136 Å². The monoisotopic (exact) mass is 336 g/mol. The average molecular weight is 337 g/mol. The first kappa shape index (κ1) is 15.0. The minimum atomic E-state index is -0.856. The van der Waals surface area contributed by atoms with Gasteiger partial charge in [-0.15, -0.1) is 11.3 Å². The third kappa shape index (κ3) is 2.84. The molecule has 1 fully saturated rings. The molecular formula is C15H13ClN2O3S.